The maximum Gasteiger partial charge on any atom is 0.270 e. The Bertz CT molecular complexity index is 1600. The minimum Gasteiger partial charge on any atom is -0.390 e. The molecule has 11 heteroatoms. The Morgan fingerprint density at radius 3 is 2.43 bits per heavy atom. The number of nitrogens with one attached hydrogen (secondary N) is 2. The van der Waals surface area contributed by atoms with Gasteiger partial charge in [-0.15, -0.1) is 0 Å². The van der Waals surface area contributed by atoms with E-state index in [4.69, 9.17) is 11.5 Å². The summed E-state index contributed by atoms with van der Waals surface area (Å²) in [5.74, 6) is -1.61. The first-order valence-electron chi connectivity index (χ1n) is 17.7. The van der Waals surface area contributed by atoms with Gasteiger partial charge in [0.2, 0.25) is 17.7 Å². The highest BCUT2D eigenvalue weighted by Crippen LogP contribution is 2.44. The number of hydrogen-bond acceptors (Lipinski definition) is 7. The molecule has 1 saturated heterocycles. The molecule has 5 rings (SSSR count). The highest BCUT2D eigenvalue weighted by Gasteiger charge is 2.46. The maximum absolute atomic E-state index is 13.9. The Kier molecular flexibility index (Phi) is 12.4. The van der Waals surface area contributed by atoms with Crippen molar-refractivity contribution in [1.82, 2.24) is 20.5 Å². The summed E-state index contributed by atoms with van der Waals surface area (Å²) in [7, 11) is 0. The topological polar surface area (TPSA) is 181 Å². The van der Waals surface area contributed by atoms with Crippen LogP contribution < -0.4 is 22.1 Å². The van der Waals surface area contributed by atoms with Gasteiger partial charge in [-0.05, 0) is 55.2 Å². The van der Waals surface area contributed by atoms with Crippen LogP contribution in [-0.2, 0) is 20.8 Å². The Morgan fingerprint density at radius 2 is 1.69 bits per heavy atom. The van der Waals surface area contributed by atoms with Crippen molar-refractivity contribution in [2.45, 2.75) is 101 Å². The lowest BCUT2D eigenvalue weighted by molar-refractivity contribution is -0.133. The molecule has 3 aromatic rings. The van der Waals surface area contributed by atoms with Crippen molar-refractivity contribution in [2.75, 3.05) is 6.54 Å². The summed E-state index contributed by atoms with van der Waals surface area (Å²) in [4.78, 5) is 58.7. The summed E-state index contributed by atoms with van der Waals surface area (Å²) >= 11 is 0. The number of hydrogen-bond donors (Lipinski definition) is 5. The molecule has 7 N–H and O–H groups in total. The smallest absolute Gasteiger partial charge is 0.270 e. The van der Waals surface area contributed by atoms with Crippen LogP contribution in [0.5, 0.6) is 0 Å². The van der Waals surface area contributed by atoms with Crippen LogP contribution in [0.1, 0.15) is 80.8 Å². The van der Waals surface area contributed by atoms with E-state index in [0.29, 0.717) is 23.8 Å². The van der Waals surface area contributed by atoms with Gasteiger partial charge in [-0.2, -0.15) is 0 Å². The number of nitrogens with zero attached hydrogens (tertiary/aromatic N) is 2. The van der Waals surface area contributed by atoms with Gasteiger partial charge in [-0.25, -0.2) is 4.98 Å². The number of β-amino-alcohol motifs (C(OH)–C–C–N with tert-alkyl or cyclic N) is 1. The molecule has 1 aromatic heterocycles. The average Bonchev–Trinajstić information content (AvgIpc) is 3.10. The summed E-state index contributed by atoms with van der Waals surface area (Å²) in [6.45, 7) is 2.28. The van der Waals surface area contributed by atoms with Crippen LogP contribution in [0, 0.1) is 11.8 Å². The van der Waals surface area contributed by atoms with E-state index in [1.54, 1.807) is 18.2 Å². The first-order valence-corrected chi connectivity index (χ1v) is 17.7. The minimum atomic E-state index is -1.31. The van der Waals surface area contributed by atoms with Gasteiger partial charge < -0.3 is 27.2 Å². The van der Waals surface area contributed by atoms with Crippen molar-refractivity contribution in [3.05, 3.63) is 78.0 Å². The van der Waals surface area contributed by atoms with E-state index in [1.807, 2.05) is 48.5 Å². The molecule has 1 saturated carbocycles. The fourth-order valence-electron chi connectivity index (χ4n) is 7.88. The van der Waals surface area contributed by atoms with Crippen LogP contribution in [0.4, 0.5) is 0 Å². The lowest BCUT2D eigenvalue weighted by Crippen LogP contribution is -2.63. The zero-order valence-electron chi connectivity index (χ0n) is 28.3. The van der Waals surface area contributed by atoms with Crippen LogP contribution in [0.3, 0.4) is 0 Å². The number of rotatable bonds is 15. The molecule has 2 aliphatic rings. The van der Waals surface area contributed by atoms with Gasteiger partial charge in [0.1, 0.15) is 11.7 Å². The van der Waals surface area contributed by atoms with Gasteiger partial charge in [0.05, 0.1) is 30.1 Å². The van der Waals surface area contributed by atoms with E-state index in [2.05, 4.69) is 27.4 Å². The molecule has 0 bridgehead atoms. The highest BCUT2D eigenvalue weighted by atomic mass is 16.3. The SMILES string of the molecule is CCCCC1[C@H]2CCCC[C@H]2C[C@@H](C(N)=O)N1C[C@@H](O)[C@H](Cc1ccccc1)NC(=O)[C@H](CC(N)=O)NC(=O)c1ccc2ccccc2n1. The number of primary amides is 2. The summed E-state index contributed by atoms with van der Waals surface area (Å²) in [5.41, 5.74) is 13.1. The third kappa shape index (κ3) is 9.21. The summed E-state index contributed by atoms with van der Waals surface area (Å²) in [5, 5.41) is 18.4. The minimum absolute atomic E-state index is 0.0866. The third-order valence-electron chi connectivity index (χ3n) is 10.3. The molecular formula is C38H50N6O5. The number of unbranched alkanes of at least 4 members (excludes halogenated alkanes) is 1. The zero-order valence-corrected chi connectivity index (χ0v) is 28.3. The molecule has 1 unspecified atom stereocenters. The van der Waals surface area contributed by atoms with E-state index < -0.39 is 54.3 Å². The van der Waals surface area contributed by atoms with Crippen LogP contribution in [-0.4, -0.2) is 75.4 Å². The van der Waals surface area contributed by atoms with Crippen LogP contribution in [0.2, 0.25) is 0 Å². The van der Waals surface area contributed by atoms with E-state index in [-0.39, 0.29) is 24.7 Å². The van der Waals surface area contributed by atoms with Crippen molar-refractivity contribution < 1.29 is 24.3 Å². The molecule has 49 heavy (non-hydrogen) atoms. The molecule has 2 fully saturated rings. The lowest BCUT2D eigenvalue weighted by Gasteiger charge is -2.52. The molecule has 7 atom stereocenters. The van der Waals surface area contributed by atoms with Gasteiger partial charge in [-0.3, -0.25) is 24.1 Å². The molecule has 262 valence electrons. The predicted octanol–water partition coefficient (Wildman–Crippen LogP) is 3.22. The number of carbonyl (C=O) groups is 4. The second-order valence-corrected chi connectivity index (χ2v) is 13.7. The number of piperidine rings is 1. The molecule has 4 amide bonds. The number of carbonyl (C=O) groups excluding carboxylic acids is 4. The summed E-state index contributed by atoms with van der Waals surface area (Å²) < 4.78 is 0. The largest absolute Gasteiger partial charge is 0.390 e. The number of aromatic nitrogens is 1. The molecule has 2 heterocycles. The van der Waals surface area contributed by atoms with Crippen molar-refractivity contribution in [3.8, 4) is 0 Å². The van der Waals surface area contributed by atoms with E-state index in [0.717, 1.165) is 55.9 Å². The van der Waals surface area contributed by atoms with Crippen molar-refractivity contribution in [3.63, 3.8) is 0 Å². The van der Waals surface area contributed by atoms with Crippen LogP contribution in [0.15, 0.2) is 66.7 Å². The monoisotopic (exact) mass is 670 g/mol. The Labute approximate surface area is 288 Å². The Morgan fingerprint density at radius 1 is 0.959 bits per heavy atom. The van der Waals surface area contributed by atoms with Crippen molar-refractivity contribution in [2.24, 2.45) is 23.3 Å². The molecule has 2 aromatic carbocycles. The third-order valence-corrected chi connectivity index (χ3v) is 10.3. The van der Waals surface area contributed by atoms with Crippen LogP contribution in [0.25, 0.3) is 10.9 Å². The normalized spacial score (nSPS) is 22.7. The first kappa shape index (κ1) is 35.9. The molecule has 0 spiro atoms. The van der Waals surface area contributed by atoms with Gasteiger partial charge in [-0.1, -0.05) is 93.6 Å². The fourth-order valence-corrected chi connectivity index (χ4v) is 7.88. The standard InChI is InChI=1S/C38H50N6O5/c1-2-3-17-32-27-15-9-7-14-26(27)21-33(36(40)47)44(32)23-34(45)30(20-24-11-5-4-6-12-24)42-38(49)31(22-35(39)46)43-37(48)29-19-18-25-13-8-10-16-28(25)41-29/h4-6,8,10-13,16,18-19,26-27,30-34,45H,2-3,7,9,14-15,17,20-23H2,1H3,(H2,39,46)(H2,40,47)(H,42,49)(H,43,48)/t26-,27-,30-,31-,32?,33-,34+/m0/s1. The number of benzene rings is 2. The van der Waals surface area contributed by atoms with Crippen LogP contribution >= 0.6 is 0 Å². The van der Waals surface area contributed by atoms with E-state index >= 15 is 0 Å². The number of aliphatic hydroxyl groups is 1. The fraction of sp³-hybridized carbons (Fsp3) is 0.500. The van der Waals surface area contributed by atoms with Gasteiger partial charge >= 0.3 is 0 Å². The highest BCUT2D eigenvalue weighted by molar-refractivity contribution is 5.99. The molecule has 11 nitrogen and oxygen atoms in total. The average molecular weight is 671 g/mol. The predicted molar refractivity (Wildman–Crippen MR) is 188 cm³/mol. The van der Waals surface area contributed by atoms with Gasteiger partial charge in [0, 0.05) is 18.0 Å². The molecule has 1 aliphatic carbocycles. The zero-order chi connectivity index (χ0) is 34.9. The molecule has 1 aliphatic heterocycles. The molecule has 0 radical (unpaired) electrons. The number of likely N-dealkylation sites (tertiary alicyclic amines) is 1. The first-order chi connectivity index (χ1) is 23.6. The second-order valence-electron chi connectivity index (χ2n) is 13.7. The number of para-hydroxylation sites is 1. The summed E-state index contributed by atoms with van der Waals surface area (Å²) in [6, 6.07) is 17.6. The number of pyridine rings is 1. The van der Waals surface area contributed by atoms with E-state index in [9.17, 15) is 24.3 Å². The quantitative estimate of drug-likeness (QED) is 0.165. The lowest BCUT2D eigenvalue weighted by atomic mass is 9.67. The maximum atomic E-state index is 13.9. The number of amides is 4. The number of nitrogens with two attached hydrogens (primary N) is 2. The van der Waals surface area contributed by atoms with Crippen molar-refractivity contribution in [1.29, 1.82) is 0 Å². The number of aliphatic hydroxyl groups excluding tert-OH is 1. The second kappa shape index (κ2) is 16.8. The van der Waals surface area contributed by atoms with Gasteiger partial charge in [0.15, 0.2) is 0 Å². The van der Waals surface area contributed by atoms with Crippen molar-refractivity contribution >= 4 is 34.5 Å². The molecular weight excluding hydrogens is 620 g/mol. The van der Waals surface area contributed by atoms with Gasteiger partial charge in [0.25, 0.3) is 5.91 Å². The van der Waals surface area contributed by atoms with E-state index in [1.165, 1.54) is 0 Å². The number of fused-ring (bicyclic) bond motifs is 2. The summed E-state index contributed by atoms with van der Waals surface area (Å²) in [6.07, 6.45) is 6.79. The Hall–Kier alpha value is -4.35. The Balaban J connectivity index is 1.38.